The number of carboxylic acid groups (broad SMARTS) is 1. The van der Waals surface area contributed by atoms with Gasteiger partial charge >= 0.3 is 5.97 Å². The van der Waals surface area contributed by atoms with Gasteiger partial charge in [-0.1, -0.05) is 0 Å². The molecule has 0 amide bonds. The van der Waals surface area contributed by atoms with E-state index >= 15 is 0 Å². The predicted molar refractivity (Wildman–Crippen MR) is 59.6 cm³/mol. The number of anilines is 1. The lowest BCUT2D eigenvalue weighted by Gasteiger charge is -2.07. The topological polar surface area (TPSA) is 92.8 Å². The zero-order valence-corrected chi connectivity index (χ0v) is 8.85. The van der Waals surface area contributed by atoms with Crippen LogP contribution in [0.1, 0.15) is 23.2 Å². The van der Waals surface area contributed by atoms with Crippen LogP contribution in [0.25, 0.3) is 0 Å². The number of nitrogen functional groups attached to an aromatic ring is 1. The third-order valence-electron chi connectivity index (χ3n) is 2.08. The number of ether oxygens (including phenoxy) is 1. The summed E-state index contributed by atoms with van der Waals surface area (Å²) < 4.78 is 5.32. The molecule has 0 fully saturated rings. The number of aromatic carboxylic acids is 1. The van der Waals surface area contributed by atoms with E-state index in [1.165, 1.54) is 12.1 Å². The number of rotatable bonds is 6. The van der Waals surface area contributed by atoms with Crippen molar-refractivity contribution in [3.05, 3.63) is 23.8 Å². The van der Waals surface area contributed by atoms with E-state index in [-0.39, 0.29) is 17.9 Å². The molecular formula is C11H15NO4. The summed E-state index contributed by atoms with van der Waals surface area (Å²) in [5.41, 5.74) is 5.76. The third kappa shape index (κ3) is 3.43. The van der Waals surface area contributed by atoms with Gasteiger partial charge < -0.3 is 20.7 Å². The fraction of sp³-hybridized carbons (Fsp3) is 0.364. The Morgan fingerprint density at radius 2 is 2.12 bits per heavy atom. The molecule has 4 N–H and O–H groups in total. The van der Waals surface area contributed by atoms with E-state index in [2.05, 4.69) is 0 Å². The van der Waals surface area contributed by atoms with Crippen LogP contribution in [-0.2, 0) is 0 Å². The normalized spacial score (nSPS) is 10.1. The van der Waals surface area contributed by atoms with Gasteiger partial charge in [-0.25, -0.2) is 4.79 Å². The van der Waals surface area contributed by atoms with Gasteiger partial charge in [-0.2, -0.15) is 0 Å². The van der Waals surface area contributed by atoms with Crippen molar-refractivity contribution < 1.29 is 19.7 Å². The summed E-state index contributed by atoms with van der Waals surface area (Å²) in [7, 11) is 0. The minimum absolute atomic E-state index is 0.0414. The highest BCUT2D eigenvalue weighted by atomic mass is 16.5. The molecule has 0 aliphatic rings. The van der Waals surface area contributed by atoms with Crippen LogP contribution in [0.4, 0.5) is 5.69 Å². The van der Waals surface area contributed by atoms with Crippen molar-refractivity contribution in [1.29, 1.82) is 0 Å². The Morgan fingerprint density at radius 3 is 2.75 bits per heavy atom. The van der Waals surface area contributed by atoms with Crippen molar-refractivity contribution in [2.75, 3.05) is 18.9 Å². The fourth-order valence-electron chi connectivity index (χ4n) is 1.21. The Kier molecular flexibility index (Phi) is 4.60. The first-order valence-electron chi connectivity index (χ1n) is 5.01. The number of hydrogen-bond donors (Lipinski definition) is 3. The van der Waals surface area contributed by atoms with Crippen LogP contribution >= 0.6 is 0 Å². The van der Waals surface area contributed by atoms with Crippen molar-refractivity contribution in [1.82, 2.24) is 0 Å². The molecule has 0 saturated carbocycles. The van der Waals surface area contributed by atoms with E-state index in [0.29, 0.717) is 18.8 Å². The van der Waals surface area contributed by atoms with Crippen LogP contribution in [-0.4, -0.2) is 29.4 Å². The molecule has 16 heavy (non-hydrogen) atoms. The number of carboxylic acids is 1. The lowest BCUT2D eigenvalue weighted by molar-refractivity contribution is 0.0697. The summed E-state index contributed by atoms with van der Waals surface area (Å²) in [6.07, 6.45) is 1.39. The summed E-state index contributed by atoms with van der Waals surface area (Å²) in [6, 6.07) is 4.53. The molecule has 0 aromatic heterocycles. The minimum Gasteiger partial charge on any atom is -0.494 e. The molecule has 1 aromatic carbocycles. The molecule has 0 saturated heterocycles. The van der Waals surface area contributed by atoms with Crippen LogP contribution in [0.15, 0.2) is 18.2 Å². The van der Waals surface area contributed by atoms with Crippen molar-refractivity contribution in [3.63, 3.8) is 0 Å². The number of aliphatic hydroxyl groups excluding tert-OH is 1. The van der Waals surface area contributed by atoms with Gasteiger partial charge in [-0.15, -0.1) is 0 Å². The van der Waals surface area contributed by atoms with Gasteiger partial charge in [0, 0.05) is 12.3 Å². The van der Waals surface area contributed by atoms with Crippen LogP contribution in [0.5, 0.6) is 5.75 Å². The highest BCUT2D eigenvalue weighted by molar-refractivity contribution is 5.94. The predicted octanol–water partition coefficient (Wildman–Crippen LogP) is 1.12. The maximum Gasteiger partial charge on any atom is 0.337 e. The van der Waals surface area contributed by atoms with E-state index in [1.807, 2.05) is 0 Å². The fourth-order valence-corrected chi connectivity index (χ4v) is 1.21. The summed E-state index contributed by atoms with van der Waals surface area (Å²) >= 11 is 0. The van der Waals surface area contributed by atoms with Gasteiger partial charge in [0.15, 0.2) is 0 Å². The molecule has 0 spiro atoms. The second-order valence-corrected chi connectivity index (χ2v) is 3.33. The number of hydrogen-bond acceptors (Lipinski definition) is 4. The number of nitrogens with two attached hydrogens (primary N) is 1. The Labute approximate surface area is 93.5 Å². The SMILES string of the molecule is Nc1ccc(OCCCCO)cc1C(=O)O. The standard InChI is InChI=1S/C11H15NO4/c12-10-4-3-8(7-9(10)11(14)15)16-6-2-1-5-13/h3-4,7,13H,1-2,5-6,12H2,(H,14,15). The summed E-state index contributed by atoms with van der Waals surface area (Å²) in [6.45, 7) is 0.578. The minimum atomic E-state index is -1.07. The molecule has 0 aliphatic carbocycles. The molecule has 5 heteroatoms. The van der Waals surface area contributed by atoms with Crippen LogP contribution in [0, 0.1) is 0 Å². The largest absolute Gasteiger partial charge is 0.494 e. The van der Waals surface area contributed by atoms with E-state index in [0.717, 1.165) is 6.42 Å². The van der Waals surface area contributed by atoms with Crippen molar-refractivity contribution in [3.8, 4) is 5.75 Å². The van der Waals surface area contributed by atoms with Gasteiger partial charge in [0.05, 0.1) is 12.2 Å². The van der Waals surface area contributed by atoms with Crippen LogP contribution in [0.3, 0.4) is 0 Å². The van der Waals surface area contributed by atoms with E-state index < -0.39 is 5.97 Å². The zero-order valence-electron chi connectivity index (χ0n) is 8.85. The average Bonchev–Trinajstić information content (AvgIpc) is 2.26. The summed E-state index contributed by atoms with van der Waals surface area (Å²) in [5.74, 6) is -0.595. The second kappa shape index (κ2) is 5.97. The quantitative estimate of drug-likeness (QED) is 0.498. The maximum absolute atomic E-state index is 10.8. The van der Waals surface area contributed by atoms with Gasteiger partial charge in [-0.05, 0) is 31.0 Å². The summed E-state index contributed by atoms with van der Waals surface area (Å²) in [5, 5.41) is 17.4. The molecule has 0 aliphatic heterocycles. The van der Waals surface area contributed by atoms with Crippen molar-refractivity contribution in [2.45, 2.75) is 12.8 Å². The smallest absolute Gasteiger partial charge is 0.337 e. The molecular weight excluding hydrogens is 210 g/mol. The monoisotopic (exact) mass is 225 g/mol. The van der Waals surface area contributed by atoms with E-state index in [9.17, 15) is 4.79 Å². The van der Waals surface area contributed by atoms with E-state index in [1.54, 1.807) is 6.07 Å². The highest BCUT2D eigenvalue weighted by Gasteiger charge is 2.08. The maximum atomic E-state index is 10.8. The molecule has 0 heterocycles. The molecule has 5 nitrogen and oxygen atoms in total. The Balaban J connectivity index is 2.61. The molecule has 1 rings (SSSR count). The Bertz CT molecular complexity index is 365. The molecule has 0 unspecified atom stereocenters. The van der Waals surface area contributed by atoms with Crippen LogP contribution in [0.2, 0.25) is 0 Å². The first-order chi connectivity index (χ1) is 7.65. The van der Waals surface area contributed by atoms with Crippen LogP contribution < -0.4 is 10.5 Å². The molecule has 1 aromatic rings. The first-order valence-corrected chi connectivity index (χ1v) is 5.01. The lowest BCUT2D eigenvalue weighted by Crippen LogP contribution is -2.04. The van der Waals surface area contributed by atoms with E-state index in [4.69, 9.17) is 20.7 Å². The summed E-state index contributed by atoms with van der Waals surface area (Å²) in [4.78, 5) is 10.8. The van der Waals surface area contributed by atoms with Crippen molar-refractivity contribution >= 4 is 11.7 Å². The number of aliphatic hydroxyl groups is 1. The Morgan fingerprint density at radius 1 is 1.38 bits per heavy atom. The Hall–Kier alpha value is -1.75. The van der Waals surface area contributed by atoms with Gasteiger partial charge in [0.1, 0.15) is 5.75 Å². The average molecular weight is 225 g/mol. The molecule has 0 radical (unpaired) electrons. The first kappa shape index (κ1) is 12.3. The number of carbonyl (C=O) groups is 1. The zero-order chi connectivity index (χ0) is 12.0. The number of benzene rings is 1. The molecule has 88 valence electrons. The molecule has 0 atom stereocenters. The number of unbranched alkanes of at least 4 members (excludes halogenated alkanes) is 1. The van der Waals surface area contributed by atoms with Gasteiger partial charge in [0.25, 0.3) is 0 Å². The van der Waals surface area contributed by atoms with Crippen molar-refractivity contribution in [2.24, 2.45) is 0 Å². The highest BCUT2D eigenvalue weighted by Crippen LogP contribution is 2.19. The van der Waals surface area contributed by atoms with Gasteiger partial charge in [0.2, 0.25) is 0 Å². The van der Waals surface area contributed by atoms with Gasteiger partial charge in [-0.3, -0.25) is 0 Å². The second-order valence-electron chi connectivity index (χ2n) is 3.33. The lowest BCUT2D eigenvalue weighted by atomic mass is 10.2. The third-order valence-corrected chi connectivity index (χ3v) is 2.08. The molecule has 0 bridgehead atoms.